The molecule has 29 heavy (non-hydrogen) atoms. The Morgan fingerprint density at radius 1 is 1.17 bits per heavy atom. The van der Waals surface area contributed by atoms with Gasteiger partial charge in [0.15, 0.2) is 0 Å². The van der Waals surface area contributed by atoms with E-state index in [0.29, 0.717) is 6.54 Å². The number of rotatable bonds is 3. The second-order valence-electron chi connectivity index (χ2n) is 7.24. The monoisotopic (exact) mass is 400 g/mol. The zero-order valence-electron chi connectivity index (χ0n) is 16.3. The van der Waals surface area contributed by atoms with Crippen molar-refractivity contribution in [2.24, 2.45) is 0 Å². The molecule has 1 aliphatic rings. The first kappa shape index (κ1) is 17.9. The minimum Gasteiger partial charge on any atom is -0.496 e. The van der Waals surface area contributed by atoms with Crippen LogP contribution in [-0.2, 0) is 6.54 Å². The fourth-order valence-corrected chi connectivity index (χ4v) is 4.92. The number of hydrogen-bond acceptors (Lipinski definition) is 4. The summed E-state index contributed by atoms with van der Waals surface area (Å²) in [5.41, 5.74) is 5.37. The maximum absolute atomic E-state index is 13.3. The van der Waals surface area contributed by atoms with Gasteiger partial charge in [0, 0.05) is 17.5 Å². The average Bonchev–Trinajstić information content (AvgIpc) is 3.34. The SMILES string of the molecule is COc1ccc(/C=C2\CCn3c2nc2scc(-c4ccccc4)c2c3=O)cc1C. The van der Waals surface area contributed by atoms with Gasteiger partial charge >= 0.3 is 0 Å². The minimum absolute atomic E-state index is 0.0550. The molecule has 0 amide bonds. The van der Waals surface area contributed by atoms with Crippen LogP contribution in [0.25, 0.3) is 33.0 Å². The number of aromatic nitrogens is 2. The minimum atomic E-state index is 0.0550. The largest absolute Gasteiger partial charge is 0.496 e. The molecule has 4 nitrogen and oxygen atoms in total. The lowest BCUT2D eigenvalue weighted by Gasteiger charge is -2.06. The van der Waals surface area contributed by atoms with Gasteiger partial charge in [-0.2, -0.15) is 0 Å². The van der Waals surface area contributed by atoms with E-state index in [1.807, 2.05) is 59.3 Å². The van der Waals surface area contributed by atoms with Crippen LogP contribution in [0.1, 0.15) is 23.4 Å². The van der Waals surface area contributed by atoms with Crippen LogP contribution in [0, 0.1) is 6.92 Å². The van der Waals surface area contributed by atoms with Gasteiger partial charge in [-0.15, -0.1) is 11.3 Å². The number of allylic oxidation sites excluding steroid dienone is 1. The molecule has 0 radical (unpaired) electrons. The zero-order chi connectivity index (χ0) is 20.0. The normalized spacial score (nSPS) is 14.5. The molecule has 4 aromatic rings. The highest BCUT2D eigenvalue weighted by Gasteiger charge is 2.23. The second kappa shape index (κ2) is 7.01. The van der Waals surface area contributed by atoms with E-state index >= 15 is 0 Å². The molecular weight excluding hydrogens is 380 g/mol. The fraction of sp³-hybridized carbons (Fsp3) is 0.167. The highest BCUT2D eigenvalue weighted by molar-refractivity contribution is 7.17. The summed E-state index contributed by atoms with van der Waals surface area (Å²) in [5, 5.41) is 2.77. The van der Waals surface area contributed by atoms with Gasteiger partial charge in [-0.3, -0.25) is 9.36 Å². The number of ether oxygens (including phenoxy) is 1. The summed E-state index contributed by atoms with van der Waals surface area (Å²) in [7, 11) is 1.68. The van der Waals surface area contributed by atoms with Gasteiger partial charge in [0.25, 0.3) is 5.56 Å². The van der Waals surface area contributed by atoms with E-state index in [-0.39, 0.29) is 5.56 Å². The van der Waals surface area contributed by atoms with Gasteiger partial charge in [0.1, 0.15) is 16.4 Å². The Hall–Kier alpha value is -3.18. The highest BCUT2D eigenvalue weighted by atomic mass is 32.1. The molecule has 1 aliphatic heterocycles. The molecule has 0 saturated heterocycles. The first-order valence-corrected chi connectivity index (χ1v) is 10.5. The number of methoxy groups -OCH3 is 1. The van der Waals surface area contributed by atoms with Crippen LogP contribution in [0.2, 0.25) is 0 Å². The van der Waals surface area contributed by atoms with Gasteiger partial charge in [-0.1, -0.05) is 36.4 Å². The zero-order valence-corrected chi connectivity index (χ0v) is 17.1. The molecule has 0 bridgehead atoms. The Kier molecular flexibility index (Phi) is 4.32. The molecule has 0 N–H and O–H groups in total. The van der Waals surface area contributed by atoms with Crippen molar-refractivity contribution >= 4 is 33.2 Å². The highest BCUT2D eigenvalue weighted by Crippen LogP contribution is 2.34. The van der Waals surface area contributed by atoms with E-state index in [9.17, 15) is 4.79 Å². The molecule has 3 heterocycles. The van der Waals surface area contributed by atoms with Crippen LogP contribution >= 0.6 is 11.3 Å². The van der Waals surface area contributed by atoms with Gasteiger partial charge in [0.05, 0.1) is 12.5 Å². The number of nitrogens with zero attached hydrogens (tertiary/aromatic N) is 2. The van der Waals surface area contributed by atoms with Gasteiger partial charge in [-0.25, -0.2) is 4.98 Å². The fourth-order valence-electron chi connectivity index (χ4n) is 3.98. The first-order chi connectivity index (χ1) is 14.2. The molecule has 0 atom stereocenters. The standard InChI is InChI=1S/C24H20N2O2S/c1-15-12-16(8-9-20(15)28-2)13-18-10-11-26-22(18)25-23-21(24(26)27)19(14-29-23)17-6-4-3-5-7-17/h3-9,12-14H,10-11H2,1-2H3/b18-13+. The molecule has 0 fully saturated rings. The maximum Gasteiger partial charge on any atom is 0.263 e. The lowest BCUT2D eigenvalue weighted by atomic mass is 10.1. The van der Waals surface area contributed by atoms with Crippen LogP contribution in [0.4, 0.5) is 0 Å². The third-order valence-electron chi connectivity index (χ3n) is 5.43. The molecular formula is C24H20N2O2S. The maximum atomic E-state index is 13.3. The lowest BCUT2D eigenvalue weighted by Crippen LogP contribution is -2.20. The predicted molar refractivity (Wildman–Crippen MR) is 120 cm³/mol. The molecule has 2 aromatic carbocycles. The van der Waals surface area contributed by atoms with Gasteiger partial charge in [-0.05, 0) is 53.8 Å². The Balaban J connectivity index is 1.63. The van der Waals surface area contributed by atoms with Crippen molar-refractivity contribution < 1.29 is 4.74 Å². The molecule has 144 valence electrons. The second-order valence-corrected chi connectivity index (χ2v) is 8.09. The van der Waals surface area contributed by atoms with E-state index < -0.39 is 0 Å². The third-order valence-corrected chi connectivity index (χ3v) is 6.30. The summed E-state index contributed by atoms with van der Waals surface area (Å²) in [6, 6.07) is 16.2. The van der Waals surface area contributed by atoms with Crippen molar-refractivity contribution in [3.8, 4) is 16.9 Å². The number of fused-ring (bicyclic) bond motifs is 2. The van der Waals surface area contributed by atoms with Crippen LogP contribution in [0.5, 0.6) is 5.75 Å². The van der Waals surface area contributed by atoms with Crippen molar-refractivity contribution in [1.82, 2.24) is 9.55 Å². The molecule has 0 aliphatic carbocycles. The van der Waals surface area contributed by atoms with E-state index in [2.05, 4.69) is 12.1 Å². The van der Waals surface area contributed by atoms with Crippen LogP contribution in [0.3, 0.4) is 0 Å². The Morgan fingerprint density at radius 3 is 2.76 bits per heavy atom. The number of benzene rings is 2. The van der Waals surface area contributed by atoms with E-state index in [0.717, 1.165) is 56.0 Å². The number of hydrogen-bond donors (Lipinski definition) is 0. The van der Waals surface area contributed by atoms with Crippen molar-refractivity contribution in [1.29, 1.82) is 0 Å². The summed E-state index contributed by atoms with van der Waals surface area (Å²) in [6.45, 7) is 2.70. The summed E-state index contributed by atoms with van der Waals surface area (Å²) < 4.78 is 7.17. The number of thiophene rings is 1. The van der Waals surface area contributed by atoms with E-state index in [1.54, 1.807) is 7.11 Å². The van der Waals surface area contributed by atoms with Gasteiger partial charge in [0.2, 0.25) is 0 Å². The first-order valence-electron chi connectivity index (χ1n) is 9.59. The predicted octanol–water partition coefficient (Wildman–Crippen LogP) is 5.39. The lowest BCUT2D eigenvalue weighted by molar-refractivity contribution is 0.411. The summed E-state index contributed by atoms with van der Waals surface area (Å²) in [4.78, 5) is 19.0. The summed E-state index contributed by atoms with van der Waals surface area (Å²) >= 11 is 1.54. The molecule has 0 saturated carbocycles. The molecule has 5 rings (SSSR count). The molecule has 0 unspecified atom stereocenters. The average molecular weight is 401 g/mol. The Morgan fingerprint density at radius 2 is 2.00 bits per heavy atom. The smallest absolute Gasteiger partial charge is 0.263 e. The quantitative estimate of drug-likeness (QED) is 0.463. The van der Waals surface area contributed by atoms with Crippen molar-refractivity contribution in [2.45, 2.75) is 19.9 Å². The van der Waals surface area contributed by atoms with E-state index in [4.69, 9.17) is 9.72 Å². The molecule has 2 aromatic heterocycles. The Bertz CT molecular complexity index is 1320. The Labute approximate surface area is 172 Å². The summed E-state index contributed by atoms with van der Waals surface area (Å²) in [5.74, 6) is 1.67. The molecule has 0 spiro atoms. The van der Waals surface area contributed by atoms with Crippen molar-refractivity contribution in [2.75, 3.05) is 7.11 Å². The van der Waals surface area contributed by atoms with Crippen molar-refractivity contribution in [3.63, 3.8) is 0 Å². The van der Waals surface area contributed by atoms with Crippen LogP contribution in [0.15, 0.2) is 58.7 Å². The van der Waals surface area contributed by atoms with Crippen LogP contribution < -0.4 is 10.3 Å². The van der Waals surface area contributed by atoms with Crippen molar-refractivity contribution in [3.05, 3.63) is 81.2 Å². The van der Waals surface area contributed by atoms with Crippen LogP contribution in [-0.4, -0.2) is 16.7 Å². The topological polar surface area (TPSA) is 44.1 Å². The number of aryl methyl sites for hydroxylation is 1. The van der Waals surface area contributed by atoms with E-state index in [1.165, 1.54) is 11.3 Å². The van der Waals surface area contributed by atoms with Gasteiger partial charge < -0.3 is 4.74 Å². The third kappa shape index (κ3) is 2.98. The summed E-state index contributed by atoms with van der Waals surface area (Å²) in [6.07, 6.45) is 2.94. The molecule has 5 heteroatoms.